The van der Waals surface area contributed by atoms with Crippen molar-refractivity contribution in [2.45, 2.75) is 4.90 Å². The number of rotatable bonds is 2. The van der Waals surface area contributed by atoms with Gasteiger partial charge in [0.15, 0.2) is 0 Å². The Kier molecular flexibility index (Phi) is 29.1. The van der Waals surface area contributed by atoms with Crippen LogP contribution in [0, 0.1) is 11.9 Å². The van der Waals surface area contributed by atoms with Gasteiger partial charge in [-0.3, -0.25) is 0 Å². The van der Waals surface area contributed by atoms with Crippen LogP contribution in [0.25, 0.3) is 22.3 Å². The molecule has 0 aliphatic rings. The summed E-state index contributed by atoms with van der Waals surface area (Å²) in [6, 6.07) is 23.3. The van der Waals surface area contributed by atoms with Gasteiger partial charge in [0.25, 0.3) is 0 Å². The summed E-state index contributed by atoms with van der Waals surface area (Å²) in [6.45, 7) is 0. The molecule has 26 heavy (non-hydrogen) atoms. The summed E-state index contributed by atoms with van der Waals surface area (Å²) in [7, 11) is 0. The third kappa shape index (κ3) is 11.3. The molecule has 0 fully saturated rings. The van der Waals surface area contributed by atoms with Crippen LogP contribution in [0.15, 0.2) is 71.6 Å². The van der Waals surface area contributed by atoms with E-state index >= 15 is 0 Å². The summed E-state index contributed by atoms with van der Waals surface area (Å²) in [4.78, 5) is 0.800. The summed E-state index contributed by atoms with van der Waals surface area (Å²) in [5.74, 6) is -0.221. The van der Waals surface area contributed by atoms with Crippen LogP contribution in [-0.2, 0) is 209 Å². The Hall–Kier alpha value is 4.43. The second-order valence-corrected chi connectivity index (χ2v) is 4.97. The zero-order valence-corrected chi connectivity index (χ0v) is 31.9. The van der Waals surface area contributed by atoms with Crippen LogP contribution in [0.4, 0.5) is 4.39 Å². The van der Waals surface area contributed by atoms with Crippen molar-refractivity contribution >= 4 is 12.6 Å². The molecule has 3 aromatic carbocycles. The van der Waals surface area contributed by atoms with E-state index in [0.717, 1.165) is 21.6 Å². The maximum Gasteiger partial charge on any atom is 0.121 e. The van der Waals surface area contributed by atoms with E-state index in [4.69, 9.17) is 12.6 Å². The third-order valence-corrected chi connectivity index (χ3v) is 3.40. The van der Waals surface area contributed by atoms with Gasteiger partial charge >= 0.3 is 0 Å². The van der Waals surface area contributed by atoms with E-state index < -0.39 is 0 Å². The smallest absolute Gasteiger partial charge is 0.121 e. The van der Waals surface area contributed by atoms with E-state index in [1.54, 1.807) is 12.1 Å². The van der Waals surface area contributed by atoms with Crippen LogP contribution in [0.1, 0.15) is 0 Å². The Morgan fingerprint density at radius 1 is 0.692 bits per heavy atom. The number of hydrogen-bond acceptors (Lipinski definition) is 1. The Morgan fingerprint density at radius 3 is 1.88 bits per heavy atom. The van der Waals surface area contributed by atoms with E-state index in [1.807, 2.05) is 48.5 Å². The van der Waals surface area contributed by atoms with Crippen molar-refractivity contribution in [3.05, 3.63) is 78.6 Å². The molecule has 0 amide bonds. The second-order valence-electron chi connectivity index (χ2n) is 4.50. The van der Waals surface area contributed by atoms with Crippen molar-refractivity contribution in [1.29, 1.82) is 0 Å². The van der Waals surface area contributed by atoms with Crippen molar-refractivity contribution in [1.82, 2.24) is 0 Å². The molecule has 0 aliphatic carbocycles. The van der Waals surface area contributed by atoms with Crippen molar-refractivity contribution in [2.24, 2.45) is 0 Å². The molecular weight excluding hydrogens is 801 g/mol. The fraction of sp³-hybridized carbons (Fsp3) is 0. The van der Waals surface area contributed by atoms with Crippen LogP contribution in [0.3, 0.4) is 0 Å². The van der Waals surface area contributed by atoms with Gasteiger partial charge < -0.3 is 12.6 Å². The van der Waals surface area contributed by atoms with Crippen molar-refractivity contribution < 1.29 is 201 Å². The molecule has 8 heteroatoms. The minimum absolute atomic E-state index is 0. The molecular formula is C18H11FSY6-2. The predicted octanol–water partition coefficient (Wildman–Crippen LogP) is 4.85. The molecule has 0 heterocycles. The Bertz CT molecular complexity index is 753. The van der Waals surface area contributed by atoms with Gasteiger partial charge in [0.1, 0.15) is 5.82 Å². The Morgan fingerprint density at radius 2 is 1.35 bits per heavy atom. The van der Waals surface area contributed by atoms with E-state index in [-0.39, 0.29) is 202 Å². The first-order valence-electron chi connectivity index (χ1n) is 6.28. The molecule has 0 aliphatic heterocycles. The topological polar surface area (TPSA) is 0 Å². The SMILES string of the molecule is Fc1ccccc1-c1c[c-]c(-c2cccc([S-])c2)cc1.[Y].[Y].[Y].[Y].[Y].[Y]. The van der Waals surface area contributed by atoms with E-state index in [1.165, 1.54) is 6.07 Å². The molecule has 6 radical (unpaired) electrons. The van der Waals surface area contributed by atoms with Crippen LogP contribution in [-0.4, -0.2) is 0 Å². The van der Waals surface area contributed by atoms with Gasteiger partial charge in [-0.2, -0.15) is 4.90 Å². The normalized spacial score (nSPS) is 8.04. The molecule has 0 unspecified atom stereocenters. The Labute approximate surface area is 311 Å². The van der Waals surface area contributed by atoms with Gasteiger partial charge in [0, 0.05) is 196 Å². The fourth-order valence-corrected chi connectivity index (χ4v) is 2.34. The van der Waals surface area contributed by atoms with Gasteiger partial charge in [-0.1, -0.05) is 42.0 Å². The standard InChI is InChI=1S/C18H12FS.6Y/c19-18-7-2-1-6-17(18)14-10-8-13(9-11-14)15-4-3-5-16(20)12-15;;;;;;/h1-8,10-12,20H;;;;;;/q-1;;;;;;/p-1. The first-order chi connectivity index (χ1) is 9.74. The van der Waals surface area contributed by atoms with Gasteiger partial charge in [0.05, 0.1) is 0 Å². The minimum Gasteiger partial charge on any atom is -0.780 e. The van der Waals surface area contributed by atoms with Gasteiger partial charge in [-0.25, -0.2) is 4.39 Å². The molecule has 3 rings (SSSR count). The first-order valence-corrected chi connectivity index (χ1v) is 6.69. The van der Waals surface area contributed by atoms with Crippen LogP contribution in [0.2, 0.25) is 0 Å². The predicted molar refractivity (Wildman–Crippen MR) is 81.7 cm³/mol. The average molecular weight is 812 g/mol. The summed E-state index contributed by atoms with van der Waals surface area (Å²) < 4.78 is 13.7. The minimum atomic E-state index is -0.221. The molecule has 0 saturated carbocycles. The summed E-state index contributed by atoms with van der Waals surface area (Å²) in [6.07, 6.45) is 0. The molecule has 0 atom stereocenters. The van der Waals surface area contributed by atoms with E-state index in [2.05, 4.69) is 6.07 Å². The van der Waals surface area contributed by atoms with Gasteiger partial charge in [-0.15, -0.1) is 41.5 Å². The number of halogens is 1. The van der Waals surface area contributed by atoms with Crippen molar-refractivity contribution in [3.8, 4) is 22.3 Å². The van der Waals surface area contributed by atoms with E-state index in [9.17, 15) is 4.39 Å². The molecule has 0 saturated heterocycles. The summed E-state index contributed by atoms with van der Waals surface area (Å²) >= 11 is 5.16. The zero-order valence-electron chi connectivity index (χ0n) is 14.1. The Balaban J connectivity index is -0.000000403. The van der Waals surface area contributed by atoms with Crippen molar-refractivity contribution in [3.63, 3.8) is 0 Å². The van der Waals surface area contributed by atoms with Gasteiger partial charge in [0.2, 0.25) is 0 Å². The molecule has 0 aromatic heterocycles. The maximum atomic E-state index is 13.7. The molecule has 0 N–H and O–H groups in total. The fourth-order valence-electron chi connectivity index (χ4n) is 2.13. The molecule has 116 valence electrons. The zero-order chi connectivity index (χ0) is 13.9. The molecule has 3 aromatic rings. The summed E-state index contributed by atoms with van der Waals surface area (Å²) in [5, 5.41) is 0. The first kappa shape index (κ1) is 37.7. The third-order valence-electron chi connectivity index (χ3n) is 3.14. The van der Waals surface area contributed by atoms with Gasteiger partial charge in [-0.05, 0) is 11.6 Å². The molecule has 0 bridgehead atoms. The number of benzene rings is 3. The monoisotopic (exact) mass is 811 g/mol. The maximum absolute atomic E-state index is 13.7. The molecule has 0 spiro atoms. The summed E-state index contributed by atoms with van der Waals surface area (Å²) in [5.41, 5.74) is 3.39. The largest absolute Gasteiger partial charge is 0.780 e. The average Bonchev–Trinajstić information content (AvgIpc) is 2.48. The van der Waals surface area contributed by atoms with E-state index in [0.29, 0.717) is 5.56 Å². The number of hydrogen-bond donors (Lipinski definition) is 0. The van der Waals surface area contributed by atoms with Crippen molar-refractivity contribution in [2.75, 3.05) is 0 Å². The molecule has 0 nitrogen and oxygen atoms in total. The second kappa shape index (κ2) is 20.1. The van der Waals surface area contributed by atoms with Crippen LogP contribution < -0.4 is 0 Å². The quantitative estimate of drug-likeness (QED) is 0.264. The van der Waals surface area contributed by atoms with Crippen LogP contribution in [0.5, 0.6) is 0 Å². The van der Waals surface area contributed by atoms with Crippen LogP contribution >= 0.6 is 0 Å².